The molecule has 0 saturated heterocycles. The molecule has 3 N–H and O–H groups in total. The van der Waals surface area contributed by atoms with Gasteiger partial charge in [0.25, 0.3) is 0 Å². The summed E-state index contributed by atoms with van der Waals surface area (Å²) >= 11 is 16.1. The maximum absolute atomic E-state index is 14.5. The SMILES string of the molecule is CC(C)C[C@H](NC(=O)C1=CC[C@@H](c2cccc(Cl)c2)N(S(=O)(=O)c2ccc(Br)cc2)C1c1cccc(Cl)c1)C(N)=O. The van der Waals surface area contributed by atoms with Crippen LogP contribution in [0.2, 0.25) is 10.0 Å². The number of primary amides is 1. The smallest absolute Gasteiger partial charge is 0.249 e. The first-order chi connectivity index (χ1) is 19.4. The molecule has 0 radical (unpaired) electrons. The van der Waals surface area contributed by atoms with Gasteiger partial charge in [-0.2, -0.15) is 4.31 Å². The molecular weight excluding hydrogens is 649 g/mol. The van der Waals surface area contributed by atoms with Crippen molar-refractivity contribution in [3.63, 3.8) is 0 Å². The van der Waals surface area contributed by atoms with Crippen molar-refractivity contribution in [2.75, 3.05) is 0 Å². The van der Waals surface area contributed by atoms with Gasteiger partial charge in [-0.05, 0) is 78.4 Å². The van der Waals surface area contributed by atoms with Gasteiger partial charge in [0.2, 0.25) is 21.8 Å². The lowest BCUT2D eigenvalue weighted by molar-refractivity contribution is -0.126. The van der Waals surface area contributed by atoms with Gasteiger partial charge in [0.1, 0.15) is 6.04 Å². The molecule has 4 rings (SSSR count). The molecule has 0 saturated carbocycles. The second-order valence-electron chi connectivity index (χ2n) is 10.3. The number of nitrogens with zero attached hydrogens (tertiary/aromatic N) is 1. The van der Waals surface area contributed by atoms with Gasteiger partial charge in [-0.1, -0.05) is 83.3 Å². The lowest BCUT2D eigenvalue weighted by Gasteiger charge is -2.41. The van der Waals surface area contributed by atoms with Crippen LogP contribution in [0, 0.1) is 5.92 Å². The Hall–Kier alpha value is -2.69. The Morgan fingerprint density at radius 1 is 1.00 bits per heavy atom. The molecule has 0 spiro atoms. The summed E-state index contributed by atoms with van der Waals surface area (Å²) in [5.74, 6) is -1.17. The fourth-order valence-electron chi connectivity index (χ4n) is 4.98. The molecule has 1 aliphatic heterocycles. The van der Waals surface area contributed by atoms with E-state index in [1.54, 1.807) is 66.7 Å². The van der Waals surface area contributed by atoms with Crippen molar-refractivity contribution in [3.8, 4) is 0 Å². The first-order valence-corrected chi connectivity index (χ1v) is 16.0. The molecule has 1 aliphatic rings. The number of carbonyl (C=O) groups excluding carboxylic acids is 2. The van der Waals surface area contributed by atoms with Gasteiger partial charge in [-0.25, -0.2) is 8.42 Å². The Kier molecular flexibility index (Phi) is 9.97. The molecule has 0 aliphatic carbocycles. The minimum absolute atomic E-state index is 0.0521. The Balaban J connectivity index is 1.93. The van der Waals surface area contributed by atoms with E-state index >= 15 is 0 Å². The van der Waals surface area contributed by atoms with E-state index in [2.05, 4.69) is 21.2 Å². The summed E-state index contributed by atoms with van der Waals surface area (Å²) in [5.41, 5.74) is 6.93. The number of amides is 2. The quantitative estimate of drug-likeness (QED) is 0.267. The predicted octanol–water partition coefficient (Wildman–Crippen LogP) is 6.58. The number of carbonyl (C=O) groups is 2. The van der Waals surface area contributed by atoms with Crippen LogP contribution in [0.1, 0.15) is 49.9 Å². The largest absolute Gasteiger partial charge is 0.368 e. The van der Waals surface area contributed by atoms with E-state index in [0.29, 0.717) is 27.6 Å². The summed E-state index contributed by atoms with van der Waals surface area (Å²) in [6.07, 6.45) is 2.23. The predicted molar refractivity (Wildman–Crippen MR) is 165 cm³/mol. The van der Waals surface area contributed by atoms with E-state index in [4.69, 9.17) is 28.9 Å². The highest BCUT2D eigenvalue weighted by Crippen LogP contribution is 2.46. The summed E-state index contributed by atoms with van der Waals surface area (Å²) in [4.78, 5) is 26.1. The molecule has 41 heavy (non-hydrogen) atoms. The molecule has 2 amide bonds. The average Bonchev–Trinajstić information content (AvgIpc) is 2.91. The number of nitrogens with two attached hydrogens (primary N) is 1. The summed E-state index contributed by atoms with van der Waals surface area (Å²) in [5, 5.41) is 3.58. The van der Waals surface area contributed by atoms with Crippen LogP contribution in [0.3, 0.4) is 0 Å². The topological polar surface area (TPSA) is 110 Å². The van der Waals surface area contributed by atoms with Crippen LogP contribution in [-0.4, -0.2) is 30.6 Å². The molecule has 216 valence electrons. The fraction of sp³-hybridized carbons (Fsp3) is 0.267. The highest BCUT2D eigenvalue weighted by Gasteiger charge is 2.45. The van der Waals surface area contributed by atoms with Gasteiger partial charge in [0.05, 0.1) is 17.0 Å². The Bertz CT molecular complexity index is 1580. The normalized spacial score (nSPS) is 18.5. The number of halogens is 3. The van der Waals surface area contributed by atoms with Gasteiger partial charge < -0.3 is 11.1 Å². The monoisotopic (exact) mass is 677 g/mol. The Morgan fingerprint density at radius 2 is 1.59 bits per heavy atom. The summed E-state index contributed by atoms with van der Waals surface area (Å²) in [7, 11) is -4.22. The summed E-state index contributed by atoms with van der Waals surface area (Å²) < 4.78 is 31.0. The lowest BCUT2D eigenvalue weighted by Crippen LogP contribution is -2.49. The summed E-state index contributed by atoms with van der Waals surface area (Å²) in [6, 6.07) is 17.3. The Labute approximate surface area is 258 Å². The first kappa shape index (κ1) is 31.3. The van der Waals surface area contributed by atoms with Crippen LogP contribution in [-0.2, 0) is 19.6 Å². The van der Waals surface area contributed by atoms with Crippen LogP contribution in [0.5, 0.6) is 0 Å². The van der Waals surface area contributed by atoms with Crippen LogP contribution in [0.4, 0.5) is 0 Å². The zero-order valence-corrected chi connectivity index (χ0v) is 26.3. The van der Waals surface area contributed by atoms with E-state index in [9.17, 15) is 18.0 Å². The highest BCUT2D eigenvalue weighted by atomic mass is 79.9. The molecule has 7 nitrogen and oxygen atoms in total. The Morgan fingerprint density at radius 3 is 2.15 bits per heavy atom. The lowest BCUT2D eigenvalue weighted by atomic mass is 9.88. The van der Waals surface area contributed by atoms with Gasteiger partial charge in [-0.3, -0.25) is 9.59 Å². The molecule has 1 unspecified atom stereocenters. The molecule has 3 aromatic carbocycles. The van der Waals surface area contributed by atoms with E-state index in [1.165, 1.54) is 16.4 Å². The van der Waals surface area contributed by atoms with Crippen molar-refractivity contribution in [3.05, 3.63) is 110 Å². The highest BCUT2D eigenvalue weighted by molar-refractivity contribution is 9.10. The molecule has 3 atom stereocenters. The number of nitrogens with one attached hydrogen (secondary N) is 1. The number of hydrogen-bond donors (Lipinski definition) is 2. The molecule has 0 fully saturated rings. The third-order valence-electron chi connectivity index (χ3n) is 6.82. The van der Waals surface area contributed by atoms with Gasteiger partial charge in [0, 0.05) is 20.1 Å². The number of hydrogen-bond acceptors (Lipinski definition) is 4. The number of rotatable bonds is 9. The van der Waals surface area contributed by atoms with Crippen LogP contribution in [0.15, 0.2) is 93.8 Å². The van der Waals surface area contributed by atoms with E-state index in [-0.39, 0.29) is 22.8 Å². The zero-order valence-electron chi connectivity index (χ0n) is 22.4. The van der Waals surface area contributed by atoms with E-state index in [1.807, 2.05) is 13.8 Å². The molecule has 3 aromatic rings. The average molecular weight is 679 g/mol. The molecule has 1 heterocycles. The molecular formula is C30H30BrCl2N3O4S. The van der Waals surface area contributed by atoms with Crippen molar-refractivity contribution in [1.82, 2.24) is 9.62 Å². The second kappa shape index (κ2) is 13.1. The maximum atomic E-state index is 14.5. The van der Waals surface area contributed by atoms with E-state index < -0.39 is 40.0 Å². The second-order valence-corrected chi connectivity index (χ2v) is 13.9. The van der Waals surface area contributed by atoms with Crippen LogP contribution in [0.25, 0.3) is 0 Å². The third-order valence-corrected chi connectivity index (χ3v) is 9.71. The van der Waals surface area contributed by atoms with Crippen molar-refractivity contribution in [2.24, 2.45) is 11.7 Å². The van der Waals surface area contributed by atoms with Crippen LogP contribution >= 0.6 is 39.1 Å². The standard InChI is InChI=1S/C30H30BrCl2N3O4S/c1-18(2)15-26(29(34)37)35-30(38)25-13-14-27(19-5-3-7-22(32)16-19)36(28(25)20-6-4-8-23(33)17-20)41(39,40)24-11-9-21(31)10-12-24/h3-13,16-18,26-28H,14-15H2,1-2H3,(H2,34,37)(H,35,38)/t26-,27-,28?/m0/s1. The number of sulfonamides is 1. The third kappa shape index (κ3) is 7.21. The van der Waals surface area contributed by atoms with Crippen molar-refractivity contribution < 1.29 is 18.0 Å². The first-order valence-electron chi connectivity index (χ1n) is 13.0. The van der Waals surface area contributed by atoms with Crippen molar-refractivity contribution in [1.29, 1.82) is 0 Å². The van der Waals surface area contributed by atoms with Gasteiger partial charge in [0.15, 0.2) is 0 Å². The number of benzene rings is 3. The van der Waals surface area contributed by atoms with Gasteiger partial charge >= 0.3 is 0 Å². The molecule has 0 aromatic heterocycles. The van der Waals surface area contributed by atoms with Crippen LogP contribution < -0.4 is 11.1 Å². The maximum Gasteiger partial charge on any atom is 0.249 e. The molecule has 0 bridgehead atoms. The zero-order chi connectivity index (χ0) is 29.9. The fourth-order valence-corrected chi connectivity index (χ4v) is 7.42. The summed E-state index contributed by atoms with van der Waals surface area (Å²) in [6.45, 7) is 3.83. The van der Waals surface area contributed by atoms with Crippen molar-refractivity contribution >= 4 is 61.0 Å². The van der Waals surface area contributed by atoms with E-state index in [0.717, 1.165) is 4.47 Å². The van der Waals surface area contributed by atoms with Crippen molar-refractivity contribution in [2.45, 2.75) is 49.7 Å². The molecule has 11 heteroatoms. The van der Waals surface area contributed by atoms with Gasteiger partial charge in [-0.15, -0.1) is 0 Å². The minimum atomic E-state index is -4.22. The minimum Gasteiger partial charge on any atom is -0.368 e.